The molecule has 0 spiro atoms. The van der Waals surface area contributed by atoms with E-state index in [9.17, 15) is 9.59 Å². The monoisotopic (exact) mass is 359 g/mol. The average molecular weight is 359 g/mol. The number of amides is 3. The molecule has 1 atom stereocenters. The highest BCUT2D eigenvalue weighted by Gasteiger charge is 2.28. The number of carbonyl (C=O) groups is 2. The van der Waals surface area contributed by atoms with Crippen molar-refractivity contribution in [2.75, 3.05) is 39.3 Å². The number of nitrogens with one attached hydrogen (secondary N) is 1. The summed E-state index contributed by atoms with van der Waals surface area (Å²) in [5.74, 6) is 0.342. The van der Waals surface area contributed by atoms with Crippen molar-refractivity contribution in [1.29, 1.82) is 0 Å². The minimum Gasteiger partial charge on any atom is -0.373 e. The number of hydrogen-bond acceptors (Lipinski definition) is 3. The van der Waals surface area contributed by atoms with Gasteiger partial charge < -0.3 is 19.9 Å². The second kappa shape index (κ2) is 9.97. The fraction of sp³-hybridized carbons (Fsp3) is 0.500. The molecule has 0 aliphatic carbocycles. The summed E-state index contributed by atoms with van der Waals surface area (Å²) < 4.78 is 5.83. The number of morpholine rings is 1. The number of carbonyl (C=O) groups excluding carboxylic acids is 2. The van der Waals surface area contributed by atoms with Gasteiger partial charge in [0.05, 0.1) is 19.3 Å². The molecule has 3 amide bonds. The molecule has 1 aromatic rings. The fourth-order valence-electron chi connectivity index (χ4n) is 2.98. The maximum absolute atomic E-state index is 12.9. The Kier molecular flexibility index (Phi) is 7.66. The zero-order valence-electron chi connectivity index (χ0n) is 15.7. The Labute approximate surface area is 155 Å². The fourth-order valence-corrected chi connectivity index (χ4v) is 2.98. The standard InChI is InChI=1S/C20H29N3O3/c1-4-10-21-20(25)22-11-12-26-18(14-22)15-23(13-16(2)3)19(24)17-8-6-5-7-9-17/h4-9,16,18H,1,10-15H2,2-3H3,(H,21,25)/t18-/m0/s1. The number of urea groups is 1. The quantitative estimate of drug-likeness (QED) is 0.761. The Morgan fingerprint density at radius 2 is 2.12 bits per heavy atom. The normalized spacial score (nSPS) is 17.0. The van der Waals surface area contributed by atoms with E-state index in [1.54, 1.807) is 11.0 Å². The highest BCUT2D eigenvalue weighted by molar-refractivity contribution is 5.94. The van der Waals surface area contributed by atoms with Gasteiger partial charge >= 0.3 is 6.03 Å². The number of ether oxygens (including phenoxy) is 1. The van der Waals surface area contributed by atoms with Crippen LogP contribution in [0.5, 0.6) is 0 Å². The van der Waals surface area contributed by atoms with Gasteiger partial charge in [-0.1, -0.05) is 38.1 Å². The largest absolute Gasteiger partial charge is 0.373 e. The van der Waals surface area contributed by atoms with E-state index in [0.29, 0.717) is 50.8 Å². The SMILES string of the molecule is C=CCNC(=O)N1CCO[C@H](CN(CC(C)C)C(=O)c2ccccc2)C1. The van der Waals surface area contributed by atoms with E-state index >= 15 is 0 Å². The molecule has 0 aromatic heterocycles. The maximum atomic E-state index is 12.9. The first-order chi connectivity index (χ1) is 12.5. The van der Waals surface area contributed by atoms with Crippen LogP contribution < -0.4 is 5.32 Å². The highest BCUT2D eigenvalue weighted by atomic mass is 16.5. The summed E-state index contributed by atoms with van der Waals surface area (Å²) in [5.41, 5.74) is 0.671. The Morgan fingerprint density at radius 3 is 2.77 bits per heavy atom. The van der Waals surface area contributed by atoms with Crippen LogP contribution in [-0.2, 0) is 4.74 Å². The Bertz CT molecular complexity index is 604. The van der Waals surface area contributed by atoms with Gasteiger partial charge in [0, 0.05) is 31.7 Å². The van der Waals surface area contributed by atoms with Crippen LogP contribution in [0.15, 0.2) is 43.0 Å². The van der Waals surface area contributed by atoms with Gasteiger partial charge in [-0.2, -0.15) is 0 Å². The van der Waals surface area contributed by atoms with E-state index in [4.69, 9.17) is 4.74 Å². The molecule has 1 aliphatic rings. The van der Waals surface area contributed by atoms with Crippen molar-refractivity contribution in [1.82, 2.24) is 15.1 Å². The minimum atomic E-state index is -0.190. The van der Waals surface area contributed by atoms with Crippen molar-refractivity contribution >= 4 is 11.9 Å². The molecule has 6 heteroatoms. The molecule has 1 N–H and O–H groups in total. The van der Waals surface area contributed by atoms with Crippen molar-refractivity contribution < 1.29 is 14.3 Å². The zero-order valence-corrected chi connectivity index (χ0v) is 15.7. The number of benzene rings is 1. The third-order valence-corrected chi connectivity index (χ3v) is 4.14. The van der Waals surface area contributed by atoms with Gasteiger partial charge in [0.2, 0.25) is 0 Å². The molecule has 1 aliphatic heterocycles. The number of nitrogens with zero attached hydrogens (tertiary/aromatic N) is 2. The van der Waals surface area contributed by atoms with Crippen LogP contribution >= 0.6 is 0 Å². The first kappa shape index (κ1) is 20.0. The average Bonchev–Trinajstić information content (AvgIpc) is 2.65. The third kappa shape index (κ3) is 5.88. The molecule has 0 bridgehead atoms. The summed E-state index contributed by atoms with van der Waals surface area (Å²) in [7, 11) is 0. The van der Waals surface area contributed by atoms with Gasteiger partial charge in [-0.3, -0.25) is 4.79 Å². The molecular formula is C20H29N3O3. The summed E-state index contributed by atoms with van der Waals surface area (Å²) in [6.45, 7) is 10.8. The molecule has 6 nitrogen and oxygen atoms in total. The molecule has 0 unspecified atom stereocenters. The second-order valence-electron chi connectivity index (χ2n) is 6.88. The summed E-state index contributed by atoms with van der Waals surface area (Å²) in [6.07, 6.45) is 1.46. The molecule has 26 heavy (non-hydrogen) atoms. The van der Waals surface area contributed by atoms with E-state index in [2.05, 4.69) is 25.7 Å². The third-order valence-electron chi connectivity index (χ3n) is 4.14. The van der Waals surface area contributed by atoms with Crippen LogP contribution in [0.2, 0.25) is 0 Å². The van der Waals surface area contributed by atoms with Crippen molar-refractivity contribution in [3.8, 4) is 0 Å². The lowest BCUT2D eigenvalue weighted by Crippen LogP contribution is -2.53. The van der Waals surface area contributed by atoms with Crippen LogP contribution in [0.25, 0.3) is 0 Å². The Hall–Kier alpha value is -2.34. The van der Waals surface area contributed by atoms with Crippen molar-refractivity contribution in [3.63, 3.8) is 0 Å². The first-order valence-corrected chi connectivity index (χ1v) is 9.10. The molecule has 0 radical (unpaired) electrons. The summed E-state index contributed by atoms with van der Waals surface area (Å²) in [4.78, 5) is 28.6. The minimum absolute atomic E-state index is 0.00358. The van der Waals surface area contributed by atoms with Crippen molar-refractivity contribution in [2.24, 2.45) is 5.92 Å². The maximum Gasteiger partial charge on any atom is 0.317 e. The lowest BCUT2D eigenvalue weighted by atomic mass is 10.1. The first-order valence-electron chi connectivity index (χ1n) is 9.10. The smallest absolute Gasteiger partial charge is 0.317 e. The van der Waals surface area contributed by atoms with Crippen LogP contribution in [0.3, 0.4) is 0 Å². The topological polar surface area (TPSA) is 61.9 Å². The van der Waals surface area contributed by atoms with E-state index in [1.165, 1.54) is 0 Å². The van der Waals surface area contributed by atoms with Gasteiger partial charge in [0.15, 0.2) is 0 Å². The molecule has 142 valence electrons. The van der Waals surface area contributed by atoms with Gasteiger partial charge in [-0.05, 0) is 18.1 Å². The van der Waals surface area contributed by atoms with Crippen LogP contribution in [0, 0.1) is 5.92 Å². The molecule has 0 saturated carbocycles. The molecule has 1 heterocycles. The van der Waals surface area contributed by atoms with Gasteiger partial charge in [-0.15, -0.1) is 6.58 Å². The predicted molar refractivity (Wildman–Crippen MR) is 102 cm³/mol. The van der Waals surface area contributed by atoms with Gasteiger partial charge in [0.1, 0.15) is 0 Å². The van der Waals surface area contributed by atoms with Crippen molar-refractivity contribution in [2.45, 2.75) is 20.0 Å². The summed E-state index contributed by atoms with van der Waals surface area (Å²) >= 11 is 0. The van der Waals surface area contributed by atoms with Crippen LogP contribution in [0.1, 0.15) is 24.2 Å². The molecular weight excluding hydrogens is 330 g/mol. The van der Waals surface area contributed by atoms with Gasteiger partial charge in [-0.25, -0.2) is 4.79 Å². The van der Waals surface area contributed by atoms with Gasteiger partial charge in [0.25, 0.3) is 5.91 Å². The Morgan fingerprint density at radius 1 is 1.38 bits per heavy atom. The number of rotatable bonds is 7. The molecule has 1 aromatic carbocycles. The van der Waals surface area contributed by atoms with E-state index < -0.39 is 0 Å². The Balaban J connectivity index is 2.01. The molecule has 1 fully saturated rings. The van der Waals surface area contributed by atoms with Crippen LogP contribution in [-0.4, -0.2) is 67.2 Å². The van der Waals surface area contributed by atoms with Crippen molar-refractivity contribution in [3.05, 3.63) is 48.6 Å². The summed E-state index contributed by atoms with van der Waals surface area (Å²) in [6, 6.07) is 9.16. The van der Waals surface area contributed by atoms with E-state index in [1.807, 2.05) is 35.2 Å². The summed E-state index contributed by atoms with van der Waals surface area (Å²) in [5, 5.41) is 2.79. The zero-order chi connectivity index (χ0) is 18.9. The van der Waals surface area contributed by atoms with E-state index in [-0.39, 0.29) is 18.0 Å². The van der Waals surface area contributed by atoms with E-state index in [0.717, 1.165) is 0 Å². The molecule has 2 rings (SSSR count). The highest BCUT2D eigenvalue weighted by Crippen LogP contribution is 2.13. The number of hydrogen-bond donors (Lipinski definition) is 1. The predicted octanol–water partition coefficient (Wildman–Crippen LogP) is 2.38. The molecule has 1 saturated heterocycles. The lowest BCUT2D eigenvalue weighted by molar-refractivity contribution is -0.0286. The lowest BCUT2D eigenvalue weighted by Gasteiger charge is -2.36. The second-order valence-corrected chi connectivity index (χ2v) is 6.88. The van der Waals surface area contributed by atoms with Crippen LogP contribution in [0.4, 0.5) is 4.79 Å².